The van der Waals surface area contributed by atoms with E-state index in [1.165, 1.54) is 0 Å². The van der Waals surface area contributed by atoms with Crippen LogP contribution in [-0.4, -0.2) is 25.0 Å². The van der Waals surface area contributed by atoms with Gasteiger partial charge in [0, 0.05) is 18.1 Å². The number of benzene rings is 1. The lowest BCUT2D eigenvalue weighted by molar-refractivity contribution is -0.150. The first-order valence-electron chi connectivity index (χ1n) is 5.42. The highest BCUT2D eigenvalue weighted by Gasteiger charge is 2.33. The predicted octanol–water partition coefficient (Wildman–Crippen LogP) is 1.73. The second kappa shape index (κ2) is 4.65. The van der Waals surface area contributed by atoms with Crippen molar-refractivity contribution in [1.29, 1.82) is 0 Å². The Morgan fingerprint density at radius 2 is 2.16 bits per heavy atom. The van der Waals surface area contributed by atoms with E-state index in [0.717, 1.165) is 19.2 Å². The van der Waals surface area contributed by atoms with Crippen molar-refractivity contribution in [3.8, 4) is 11.5 Å². The highest BCUT2D eigenvalue weighted by Crippen LogP contribution is 2.43. The highest BCUT2D eigenvalue weighted by molar-refractivity contribution is 5.78. The highest BCUT2D eigenvalue weighted by atomic mass is 19.3. The summed E-state index contributed by atoms with van der Waals surface area (Å²) in [6.45, 7) is 0.549. The van der Waals surface area contributed by atoms with Gasteiger partial charge in [0.15, 0.2) is 17.6 Å². The van der Waals surface area contributed by atoms with E-state index in [-0.39, 0.29) is 29.4 Å². The van der Waals surface area contributed by atoms with Crippen molar-refractivity contribution in [3.63, 3.8) is 0 Å². The van der Waals surface area contributed by atoms with Crippen LogP contribution in [0.25, 0.3) is 0 Å². The standard InChI is InChI=1S/C12H12F2O5/c1-12(13,14)6-3-7(9(15)11(16)17-2)10-8(4-6)18-5-19-10/h3-4,9,15H,5H2,1-2H3. The molecule has 0 spiro atoms. The second-order valence-electron chi connectivity index (χ2n) is 4.11. The number of hydrogen-bond donors (Lipinski definition) is 1. The van der Waals surface area contributed by atoms with E-state index in [4.69, 9.17) is 9.47 Å². The Hall–Kier alpha value is -1.89. The largest absolute Gasteiger partial charge is 0.467 e. The molecule has 7 heteroatoms. The Morgan fingerprint density at radius 3 is 2.74 bits per heavy atom. The van der Waals surface area contributed by atoms with Gasteiger partial charge in [-0.25, -0.2) is 13.6 Å². The smallest absolute Gasteiger partial charge is 0.339 e. The van der Waals surface area contributed by atoms with Crippen molar-refractivity contribution in [2.45, 2.75) is 19.0 Å². The van der Waals surface area contributed by atoms with E-state index in [1.807, 2.05) is 0 Å². The van der Waals surface area contributed by atoms with Gasteiger partial charge in [0.05, 0.1) is 7.11 Å². The molecule has 1 aromatic rings. The Labute approximate surface area is 107 Å². The number of ether oxygens (including phenoxy) is 3. The first-order valence-corrected chi connectivity index (χ1v) is 5.42. The molecule has 0 bridgehead atoms. The molecule has 1 aliphatic rings. The van der Waals surface area contributed by atoms with Crippen LogP contribution in [0.15, 0.2) is 12.1 Å². The topological polar surface area (TPSA) is 65.0 Å². The number of fused-ring (bicyclic) bond motifs is 1. The number of carbonyl (C=O) groups is 1. The summed E-state index contributed by atoms with van der Waals surface area (Å²) >= 11 is 0. The minimum absolute atomic E-state index is 0.0666. The predicted molar refractivity (Wildman–Crippen MR) is 59.1 cm³/mol. The van der Waals surface area contributed by atoms with Crippen LogP contribution in [0.4, 0.5) is 8.78 Å². The third-order valence-electron chi connectivity index (χ3n) is 2.73. The van der Waals surface area contributed by atoms with Crippen molar-refractivity contribution in [2.75, 3.05) is 13.9 Å². The molecule has 0 radical (unpaired) electrons. The fourth-order valence-electron chi connectivity index (χ4n) is 1.73. The van der Waals surface area contributed by atoms with E-state index in [2.05, 4.69) is 4.74 Å². The molecule has 1 N–H and O–H groups in total. The quantitative estimate of drug-likeness (QED) is 0.850. The van der Waals surface area contributed by atoms with Crippen molar-refractivity contribution < 1.29 is 32.9 Å². The molecular weight excluding hydrogens is 262 g/mol. The number of aliphatic hydroxyl groups is 1. The molecule has 1 heterocycles. The molecule has 1 atom stereocenters. The molecule has 0 aliphatic carbocycles. The lowest BCUT2D eigenvalue weighted by atomic mass is 10.0. The molecule has 0 fully saturated rings. The SMILES string of the molecule is COC(=O)C(O)c1cc(C(C)(F)F)cc2c1OCO2. The van der Waals surface area contributed by atoms with Crippen LogP contribution in [0.1, 0.15) is 24.2 Å². The van der Waals surface area contributed by atoms with Gasteiger partial charge in [-0.1, -0.05) is 0 Å². The van der Waals surface area contributed by atoms with Gasteiger partial charge in [-0.15, -0.1) is 0 Å². The second-order valence-corrected chi connectivity index (χ2v) is 4.11. The van der Waals surface area contributed by atoms with Crippen molar-refractivity contribution in [2.24, 2.45) is 0 Å². The monoisotopic (exact) mass is 274 g/mol. The molecule has 1 unspecified atom stereocenters. The van der Waals surface area contributed by atoms with Crippen molar-refractivity contribution in [1.82, 2.24) is 0 Å². The average Bonchev–Trinajstić information content (AvgIpc) is 2.82. The fraction of sp³-hybridized carbons (Fsp3) is 0.417. The maximum absolute atomic E-state index is 13.4. The van der Waals surface area contributed by atoms with Crippen LogP contribution in [0.3, 0.4) is 0 Å². The third-order valence-corrected chi connectivity index (χ3v) is 2.73. The summed E-state index contributed by atoms with van der Waals surface area (Å²) < 4.78 is 41.2. The van der Waals surface area contributed by atoms with Crippen LogP contribution in [0, 0.1) is 0 Å². The number of esters is 1. The van der Waals surface area contributed by atoms with Crippen LogP contribution >= 0.6 is 0 Å². The van der Waals surface area contributed by atoms with Gasteiger partial charge < -0.3 is 19.3 Å². The van der Waals surface area contributed by atoms with Crippen LogP contribution in [0.5, 0.6) is 11.5 Å². The summed E-state index contributed by atoms with van der Waals surface area (Å²) in [5.74, 6) is -3.96. The van der Waals surface area contributed by atoms with Crippen LogP contribution in [0.2, 0.25) is 0 Å². The summed E-state index contributed by atoms with van der Waals surface area (Å²) in [5, 5.41) is 9.79. The minimum Gasteiger partial charge on any atom is -0.467 e. The summed E-state index contributed by atoms with van der Waals surface area (Å²) in [4.78, 5) is 11.3. The van der Waals surface area contributed by atoms with E-state index in [9.17, 15) is 18.7 Å². The zero-order valence-corrected chi connectivity index (χ0v) is 10.3. The van der Waals surface area contributed by atoms with Crippen LogP contribution in [-0.2, 0) is 15.5 Å². The molecule has 1 aliphatic heterocycles. The first kappa shape index (κ1) is 13.5. The van der Waals surface area contributed by atoms with Crippen molar-refractivity contribution >= 4 is 5.97 Å². The Bertz CT molecular complexity index is 510. The number of hydrogen-bond acceptors (Lipinski definition) is 5. The van der Waals surface area contributed by atoms with E-state index in [0.29, 0.717) is 6.92 Å². The van der Waals surface area contributed by atoms with E-state index < -0.39 is 18.0 Å². The number of carbonyl (C=O) groups excluding carboxylic acids is 1. The zero-order valence-electron chi connectivity index (χ0n) is 10.3. The molecule has 19 heavy (non-hydrogen) atoms. The third kappa shape index (κ3) is 2.46. The van der Waals surface area contributed by atoms with E-state index in [1.54, 1.807) is 0 Å². The molecule has 1 aromatic carbocycles. The van der Waals surface area contributed by atoms with Gasteiger partial charge in [-0.2, -0.15) is 0 Å². The molecule has 0 amide bonds. The molecule has 0 saturated heterocycles. The van der Waals surface area contributed by atoms with Gasteiger partial charge in [0.2, 0.25) is 6.79 Å². The molecule has 2 rings (SSSR count). The summed E-state index contributed by atoms with van der Waals surface area (Å²) in [5.41, 5.74) is -0.479. The number of rotatable bonds is 3. The number of methoxy groups -OCH3 is 1. The van der Waals surface area contributed by atoms with Gasteiger partial charge in [0.25, 0.3) is 5.92 Å². The van der Waals surface area contributed by atoms with E-state index >= 15 is 0 Å². The Kier molecular flexibility index (Phi) is 3.32. The molecule has 0 saturated carbocycles. The average molecular weight is 274 g/mol. The van der Waals surface area contributed by atoms with Crippen molar-refractivity contribution in [3.05, 3.63) is 23.3 Å². The van der Waals surface area contributed by atoms with Gasteiger partial charge in [0.1, 0.15) is 0 Å². The molecule has 5 nitrogen and oxygen atoms in total. The number of aliphatic hydroxyl groups excluding tert-OH is 1. The zero-order chi connectivity index (χ0) is 14.2. The summed E-state index contributed by atoms with van der Waals surface area (Å²) in [7, 11) is 1.08. The minimum atomic E-state index is -3.13. The maximum Gasteiger partial charge on any atom is 0.339 e. The number of alkyl halides is 2. The molecular formula is C12H12F2O5. The van der Waals surface area contributed by atoms with Gasteiger partial charge >= 0.3 is 5.97 Å². The summed E-state index contributed by atoms with van der Waals surface area (Å²) in [6, 6.07) is 2.13. The normalized spacial score (nSPS) is 15.2. The molecule has 0 aromatic heterocycles. The fourth-order valence-corrected chi connectivity index (χ4v) is 1.73. The lowest BCUT2D eigenvalue weighted by Crippen LogP contribution is -2.16. The van der Waals surface area contributed by atoms with Gasteiger partial charge in [-0.3, -0.25) is 0 Å². The van der Waals surface area contributed by atoms with Gasteiger partial charge in [-0.05, 0) is 12.1 Å². The first-order chi connectivity index (χ1) is 8.84. The molecule has 104 valence electrons. The Morgan fingerprint density at radius 1 is 1.47 bits per heavy atom. The number of halogens is 2. The lowest BCUT2D eigenvalue weighted by Gasteiger charge is -2.16. The maximum atomic E-state index is 13.4. The van der Waals surface area contributed by atoms with Crippen LogP contribution < -0.4 is 9.47 Å². The Balaban J connectivity index is 2.53. The summed E-state index contributed by atoms with van der Waals surface area (Å²) in [6.07, 6.45) is -1.71.